The molecule has 0 unspecified atom stereocenters. The highest BCUT2D eigenvalue weighted by Crippen LogP contribution is 2.32. The minimum Gasteiger partial charge on any atom is -0.494 e. The Balaban J connectivity index is 1.26. The van der Waals surface area contributed by atoms with E-state index in [1.165, 1.54) is 0 Å². The van der Waals surface area contributed by atoms with E-state index in [1.807, 2.05) is 78.9 Å². The number of ether oxygens (including phenoxy) is 3. The van der Waals surface area contributed by atoms with Crippen molar-refractivity contribution >= 4 is 17.9 Å². The number of rotatable bonds is 13. The third kappa shape index (κ3) is 10.1. The van der Waals surface area contributed by atoms with E-state index in [4.69, 9.17) is 19.3 Å². The van der Waals surface area contributed by atoms with Crippen molar-refractivity contribution in [1.82, 2.24) is 5.32 Å². The maximum atomic E-state index is 12.9. The van der Waals surface area contributed by atoms with Crippen LogP contribution in [0, 0.1) is 0 Å². The van der Waals surface area contributed by atoms with Crippen LogP contribution in [0.4, 0.5) is 15.3 Å². The van der Waals surface area contributed by atoms with Gasteiger partial charge in [-0.25, -0.2) is 9.59 Å². The molecule has 0 saturated heterocycles. The largest absolute Gasteiger partial charge is 0.494 e. The SMILES string of the molecule is O=C(NC1CCC(OC(=O)Nc2cc(OCCCCCCO)ccc2-c2ccccc2)CC1)OCc1ccccc1. The van der Waals surface area contributed by atoms with E-state index in [-0.39, 0.29) is 25.4 Å². The summed E-state index contributed by atoms with van der Waals surface area (Å²) in [4.78, 5) is 25.1. The standard InChI is InChI=1S/C33H40N2O6/c36-21-9-1-2-10-22-39-29-19-20-30(26-13-7-4-8-14-26)31(23-29)35-33(38)41-28-17-15-27(16-18-28)34-32(37)40-24-25-11-5-3-6-12-25/h3-8,11-14,19-20,23,27-28,36H,1-2,9-10,15-18,21-22,24H2,(H,34,37)(H,35,38). The number of benzene rings is 3. The lowest BCUT2D eigenvalue weighted by molar-refractivity contribution is 0.0761. The van der Waals surface area contributed by atoms with E-state index in [0.29, 0.717) is 43.7 Å². The first-order valence-corrected chi connectivity index (χ1v) is 14.5. The summed E-state index contributed by atoms with van der Waals surface area (Å²) in [6.07, 6.45) is 5.21. The lowest BCUT2D eigenvalue weighted by Crippen LogP contribution is -2.40. The molecular formula is C33H40N2O6. The summed E-state index contributed by atoms with van der Waals surface area (Å²) in [5.74, 6) is 0.674. The Morgan fingerprint density at radius 3 is 2.24 bits per heavy atom. The number of unbranched alkanes of at least 4 members (excludes halogenated alkanes) is 3. The summed E-state index contributed by atoms with van der Waals surface area (Å²) in [5, 5.41) is 14.8. The number of aliphatic hydroxyl groups excluding tert-OH is 1. The molecule has 0 bridgehead atoms. The van der Waals surface area contributed by atoms with Gasteiger partial charge in [0.25, 0.3) is 0 Å². The van der Waals surface area contributed by atoms with Crippen LogP contribution in [0.3, 0.4) is 0 Å². The second-order valence-electron chi connectivity index (χ2n) is 10.3. The van der Waals surface area contributed by atoms with E-state index in [1.54, 1.807) is 0 Å². The number of aliphatic hydroxyl groups is 1. The predicted molar refractivity (Wildman–Crippen MR) is 159 cm³/mol. The van der Waals surface area contributed by atoms with Gasteiger partial charge in [-0.15, -0.1) is 0 Å². The van der Waals surface area contributed by atoms with Crippen LogP contribution in [0.25, 0.3) is 11.1 Å². The van der Waals surface area contributed by atoms with Crippen molar-refractivity contribution in [3.63, 3.8) is 0 Å². The molecule has 2 amide bonds. The zero-order valence-electron chi connectivity index (χ0n) is 23.4. The first-order chi connectivity index (χ1) is 20.1. The van der Waals surface area contributed by atoms with Gasteiger partial charge in [-0.1, -0.05) is 67.1 Å². The fourth-order valence-electron chi connectivity index (χ4n) is 4.89. The molecule has 3 aromatic rings. The number of carbonyl (C=O) groups excluding carboxylic acids is 2. The Labute approximate surface area is 242 Å². The van der Waals surface area contributed by atoms with Gasteiger partial charge in [0.05, 0.1) is 12.3 Å². The van der Waals surface area contributed by atoms with Crippen molar-refractivity contribution in [3.05, 3.63) is 84.4 Å². The van der Waals surface area contributed by atoms with Gasteiger partial charge < -0.3 is 24.6 Å². The lowest BCUT2D eigenvalue weighted by atomic mass is 9.93. The van der Waals surface area contributed by atoms with Crippen LogP contribution in [0.15, 0.2) is 78.9 Å². The third-order valence-electron chi connectivity index (χ3n) is 7.12. The topological polar surface area (TPSA) is 106 Å². The van der Waals surface area contributed by atoms with Gasteiger partial charge in [0, 0.05) is 24.3 Å². The zero-order chi connectivity index (χ0) is 28.7. The van der Waals surface area contributed by atoms with Gasteiger partial charge in [-0.05, 0) is 68.2 Å². The van der Waals surface area contributed by atoms with Gasteiger partial charge in [0.2, 0.25) is 0 Å². The monoisotopic (exact) mass is 560 g/mol. The molecule has 0 atom stereocenters. The third-order valence-corrected chi connectivity index (χ3v) is 7.12. The van der Waals surface area contributed by atoms with E-state index < -0.39 is 12.2 Å². The Morgan fingerprint density at radius 1 is 0.805 bits per heavy atom. The van der Waals surface area contributed by atoms with Gasteiger partial charge in [-0.3, -0.25) is 5.32 Å². The Bertz CT molecular complexity index is 1210. The van der Waals surface area contributed by atoms with Gasteiger partial charge in [-0.2, -0.15) is 0 Å². The number of nitrogens with one attached hydrogen (secondary N) is 2. The molecule has 1 aliphatic rings. The quantitative estimate of drug-likeness (QED) is 0.193. The molecule has 8 nitrogen and oxygen atoms in total. The molecule has 1 saturated carbocycles. The Morgan fingerprint density at radius 2 is 1.51 bits per heavy atom. The second-order valence-corrected chi connectivity index (χ2v) is 10.3. The highest BCUT2D eigenvalue weighted by Gasteiger charge is 2.26. The minimum absolute atomic E-state index is 0.0108. The second kappa shape index (κ2) is 16.3. The van der Waals surface area contributed by atoms with E-state index in [2.05, 4.69) is 10.6 Å². The van der Waals surface area contributed by atoms with Gasteiger partial charge >= 0.3 is 12.2 Å². The number of alkyl carbamates (subject to hydrolysis) is 1. The van der Waals surface area contributed by atoms with Crippen molar-refractivity contribution in [2.75, 3.05) is 18.5 Å². The normalized spacial score (nSPS) is 16.4. The van der Waals surface area contributed by atoms with Crippen LogP contribution < -0.4 is 15.4 Å². The fourth-order valence-corrected chi connectivity index (χ4v) is 4.89. The van der Waals surface area contributed by atoms with Crippen LogP contribution in [-0.2, 0) is 16.1 Å². The molecule has 41 heavy (non-hydrogen) atoms. The van der Waals surface area contributed by atoms with Crippen LogP contribution >= 0.6 is 0 Å². The maximum absolute atomic E-state index is 12.9. The molecule has 0 heterocycles. The van der Waals surface area contributed by atoms with Gasteiger partial charge in [0.1, 0.15) is 18.5 Å². The van der Waals surface area contributed by atoms with Gasteiger partial charge in [0.15, 0.2) is 0 Å². The number of hydrogen-bond donors (Lipinski definition) is 3. The molecule has 0 aliphatic heterocycles. The van der Waals surface area contributed by atoms with Crippen molar-refractivity contribution in [3.8, 4) is 16.9 Å². The predicted octanol–water partition coefficient (Wildman–Crippen LogP) is 7.07. The molecular weight excluding hydrogens is 520 g/mol. The molecule has 0 aromatic heterocycles. The zero-order valence-corrected chi connectivity index (χ0v) is 23.4. The number of carbonyl (C=O) groups is 2. The molecule has 4 rings (SSSR count). The van der Waals surface area contributed by atoms with Crippen molar-refractivity contribution in [2.45, 2.75) is 70.1 Å². The molecule has 1 fully saturated rings. The highest BCUT2D eigenvalue weighted by molar-refractivity contribution is 5.92. The molecule has 218 valence electrons. The van der Waals surface area contributed by atoms with Crippen LogP contribution in [0.5, 0.6) is 5.75 Å². The van der Waals surface area contributed by atoms with Crippen molar-refractivity contribution in [1.29, 1.82) is 0 Å². The Hall–Kier alpha value is -4.04. The van der Waals surface area contributed by atoms with Crippen molar-refractivity contribution in [2.24, 2.45) is 0 Å². The first-order valence-electron chi connectivity index (χ1n) is 14.5. The summed E-state index contributed by atoms with van der Waals surface area (Å²) in [5.41, 5.74) is 3.41. The molecule has 0 spiro atoms. The number of anilines is 1. The average molecular weight is 561 g/mol. The summed E-state index contributed by atoms with van der Waals surface area (Å²) >= 11 is 0. The first kappa shape index (κ1) is 29.9. The van der Waals surface area contributed by atoms with Crippen LogP contribution in [0.2, 0.25) is 0 Å². The number of amides is 2. The fraction of sp³-hybridized carbons (Fsp3) is 0.394. The van der Waals surface area contributed by atoms with E-state index in [0.717, 1.165) is 42.4 Å². The average Bonchev–Trinajstić information content (AvgIpc) is 3.00. The minimum atomic E-state index is -0.512. The summed E-state index contributed by atoms with van der Waals surface area (Å²) in [6.45, 7) is 1.01. The molecule has 8 heteroatoms. The lowest BCUT2D eigenvalue weighted by Gasteiger charge is -2.28. The highest BCUT2D eigenvalue weighted by atomic mass is 16.6. The van der Waals surface area contributed by atoms with E-state index in [9.17, 15) is 9.59 Å². The van der Waals surface area contributed by atoms with Crippen LogP contribution in [-0.4, -0.2) is 42.7 Å². The van der Waals surface area contributed by atoms with E-state index >= 15 is 0 Å². The molecule has 3 N–H and O–H groups in total. The smallest absolute Gasteiger partial charge is 0.411 e. The summed E-state index contributed by atoms with van der Waals surface area (Å²) in [7, 11) is 0. The molecule has 1 aliphatic carbocycles. The number of hydrogen-bond acceptors (Lipinski definition) is 6. The molecule has 3 aromatic carbocycles. The van der Waals surface area contributed by atoms with Crippen LogP contribution in [0.1, 0.15) is 56.9 Å². The Kier molecular flexibility index (Phi) is 11.9. The maximum Gasteiger partial charge on any atom is 0.411 e. The molecule has 0 radical (unpaired) electrons. The summed E-state index contributed by atoms with van der Waals surface area (Å²) < 4.78 is 17.0. The summed E-state index contributed by atoms with van der Waals surface area (Å²) in [6, 6.07) is 25.1. The van der Waals surface area contributed by atoms with Crippen molar-refractivity contribution < 1.29 is 28.9 Å².